The molecule has 0 fully saturated rings. The van der Waals surface area contributed by atoms with Gasteiger partial charge in [0, 0.05) is 38.1 Å². The van der Waals surface area contributed by atoms with E-state index in [1.165, 1.54) is 5.56 Å². The number of imidazole rings is 1. The Kier molecular flexibility index (Phi) is 3.66. The van der Waals surface area contributed by atoms with Crippen molar-refractivity contribution < 1.29 is 0 Å². The Hall–Kier alpha value is -2.27. The third-order valence-corrected chi connectivity index (χ3v) is 3.56. The molecule has 5 nitrogen and oxygen atoms in total. The van der Waals surface area contributed by atoms with Crippen molar-refractivity contribution >= 4 is 28.9 Å². The van der Waals surface area contributed by atoms with Crippen LogP contribution in [0.4, 0.5) is 11.6 Å². The van der Waals surface area contributed by atoms with E-state index in [0.717, 1.165) is 28.9 Å². The highest BCUT2D eigenvalue weighted by molar-refractivity contribution is 6.30. The molecule has 0 saturated carbocycles. The molecule has 0 atom stereocenters. The number of nitrogens with one attached hydrogen (secondary N) is 1. The smallest absolute Gasteiger partial charge is 0.180 e. The molecule has 2 heterocycles. The maximum absolute atomic E-state index is 5.92. The molecule has 108 valence electrons. The van der Waals surface area contributed by atoms with Crippen molar-refractivity contribution in [2.45, 2.75) is 6.54 Å². The number of fused-ring (bicyclic) bond motifs is 1. The molecule has 0 aliphatic rings. The lowest BCUT2D eigenvalue weighted by atomic mass is 10.2. The molecule has 3 rings (SSSR count). The Labute approximate surface area is 128 Å². The number of benzene rings is 1. The third kappa shape index (κ3) is 2.78. The Morgan fingerprint density at radius 2 is 2.05 bits per heavy atom. The topological polar surface area (TPSA) is 45.5 Å². The second kappa shape index (κ2) is 5.61. The fraction of sp³-hybridized carbons (Fsp3) is 0.200. The van der Waals surface area contributed by atoms with Crippen LogP contribution in [0, 0.1) is 0 Å². The number of anilines is 2. The number of aromatic nitrogens is 3. The van der Waals surface area contributed by atoms with Crippen molar-refractivity contribution in [1.82, 2.24) is 14.4 Å². The lowest BCUT2D eigenvalue weighted by Crippen LogP contribution is -2.19. The highest BCUT2D eigenvalue weighted by Crippen LogP contribution is 2.21. The fourth-order valence-corrected chi connectivity index (χ4v) is 2.36. The van der Waals surface area contributed by atoms with Gasteiger partial charge in [0.1, 0.15) is 5.82 Å². The first kappa shape index (κ1) is 13.7. The van der Waals surface area contributed by atoms with Crippen LogP contribution in [0.1, 0.15) is 5.56 Å². The molecule has 1 aromatic carbocycles. The minimum absolute atomic E-state index is 0.736. The SMILES string of the molecule is CNc1cn2ccnc2c(N(C)Cc2ccc(Cl)cc2)n1. The zero-order chi connectivity index (χ0) is 14.8. The summed E-state index contributed by atoms with van der Waals surface area (Å²) in [5, 5.41) is 3.81. The second-order valence-electron chi connectivity index (χ2n) is 4.84. The lowest BCUT2D eigenvalue weighted by molar-refractivity contribution is 0.893. The van der Waals surface area contributed by atoms with Gasteiger partial charge in [-0.3, -0.25) is 0 Å². The fourth-order valence-electron chi connectivity index (χ4n) is 2.23. The first-order chi connectivity index (χ1) is 10.2. The Morgan fingerprint density at radius 1 is 1.29 bits per heavy atom. The normalized spacial score (nSPS) is 10.8. The summed E-state index contributed by atoms with van der Waals surface area (Å²) in [4.78, 5) is 11.1. The highest BCUT2D eigenvalue weighted by Gasteiger charge is 2.12. The zero-order valence-corrected chi connectivity index (χ0v) is 12.7. The summed E-state index contributed by atoms with van der Waals surface area (Å²) < 4.78 is 1.96. The Morgan fingerprint density at radius 3 is 2.76 bits per heavy atom. The van der Waals surface area contributed by atoms with Crippen LogP contribution in [-0.4, -0.2) is 28.5 Å². The van der Waals surface area contributed by atoms with Crippen LogP contribution in [0.25, 0.3) is 5.65 Å². The summed E-state index contributed by atoms with van der Waals surface area (Å²) in [6.45, 7) is 0.736. The number of halogens is 1. The van der Waals surface area contributed by atoms with E-state index in [2.05, 4.69) is 20.2 Å². The van der Waals surface area contributed by atoms with Crippen molar-refractivity contribution in [3.05, 3.63) is 53.4 Å². The number of hydrogen-bond acceptors (Lipinski definition) is 4. The van der Waals surface area contributed by atoms with E-state index in [1.54, 1.807) is 6.20 Å². The molecular formula is C15H16ClN5. The van der Waals surface area contributed by atoms with Gasteiger partial charge in [-0.05, 0) is 17.7 Å². The van der Waals surface area contributed by atoms with Gasteiger partial charge in [0.2, 0.25) is 0 Å². The van der Waals surface area contributed by atoms with Crippen LogP contribution in [0.15, 0.2) is 42.9 Å². The summed E-state index contributed by atoms with van der Waals surface area (Å²) in [6.07, 6.45) is 5.61. The van der Waals surface area contributed by atoms with E-state index in [-0.39, 0.29) is 0 Å². The molecule has 3 aromatic rings. The maximum atomic E-state index is 5.92. The predicted molar refractivity (Wildman–Crippen MR) is 86.1 cm³/mol. The molecular weight excluding hydrogens is 286 g/mol. The monoisotopic (exact) mass is 301 g/mol. The summed E-state index contributed by atoms with van der Waals surface area (Å²) in [6, 6.07) is 7.83. The van der Waals surface area contributed by atoms with Gasteiger partial charge in [0.05, 0.1) is 6.20 Å². The van der Waals surface area contributed by atoms with Crippen molar-refractivity contribution in [1.29, 1.82) is 0 Å². The van der Waals surface area contributed by atoms with E-state index in [9.17, 15) is 0 Å². The average molecular weight is 302 g/mol. The average Bonchev–Trinajstić information content (AvgIpc) is 2.96. The summed E-state index contributed by atoms with van der Waals surface area (Å²) in [5.74, 6) is 1.64. The van der Waals surface area contributed by atoms with Crippen molar-refractivity contribution in [2.75, 3.05) is 24.3 Å². The van der Waals surface area contributed by atoms with Gasteiger partial charge in [-0.1, -0.05) is 23.7 Å². The van der Waals surface area contributed by atoms with Crippen LogP contribution in [0.3, 0.4) is 0 Å². The van der Waals surface area contributed by atoms with Gasteiger partial charge in [0.15, 0.2) is 11.5 Å². The first-order valence-electron chi connectivity index (χ1n) is 6.64. The van der Waals surface area contributed by atoms with Crippen molar-refractivity contribution in [2.24, 2.45) is 0 Å². The van der Waals surface area contributed by atoms with Crippen molar-refractivity contribution in [3.63, 3.8) is 0 Å². The van der Waals surface area contributed by atoms with E-state index in [0.29, 0.717) is 0 Å². The van der Waals surface area contributed by atoms with Crippen LogP contribution in [0.5, 0.6) is 0 Å². The number of hydrogen-bond donors (Lipinski definition) is 1. The lowest BCUT2D eigenvalue weighted by Gasteiger charge is -2.19. The van der Waals surface area contributed by atoms with Gasteiger partial charge >= 0.3 is 0 Å². The highest BCUT2D eigenvalue weighted by atomic mass is 35.5. The Balaban J connectivity index is 1.94. The zero-order valence-electron chi connectivity index (χ0n) is 11.9. The molecule has 6 heteroatoms. The molecule has 0 spiro atoms. The van der Waals surface area contributed by atoms with E-state index in [4.69, 9.17) is 11.6 Å². The van der Waals surface area contributed by atoms with Gasteiger partial charge < -0.3 is 14.6 Å². The van der Waals surface area contributed by atoms with Crippen LogP contribution in [0.2, 0.25) is 5.02 Å². The van der Waals surface area contributed by atoms with Crippen molar-refractivity contribution in [3.8, 4) is 0 Å². The minimum atomic E-state index is 0.736. The van der Waals surface area contributed by atoms with E-state index in [1.807, 2.05) is 55.2 Å². The first-order valence-corrected chi connectivity index (χ1v) is 7.02. The largest absolute Gasteiger partial charge is 0.372 e. The minimum Gasteiger partial charge on any atom is -0.372 e. The van der Waals surface area contributed by atoms with E-state index >= 15 is 0 Å². The van der Waals surface area contributed by atoms with Crippen LogP contribution < -0.4 is 10.2 Å². The third-order valence-electron chi connectivity index (χ3n) is 3.31. The van der Waals surface area contributed by atoms with Gasteiger partial charge in [-0.2, -0.15) is 0 Å². The number of rotatable bonds is 4. The molecule has 0 radical (unpaired) electrons. The van der Waals surface area contributed by atoms with Gasteiger partial charge in [-0.15, -0.1) is 0 Å². The summed E-state index contributed by atoms with van der Waals surface area (Å²) in [5.41, 5.74) is 2.01. The molecule has 0 amide bonds. The Bertz CT molecular complexity index is 750. The predicted octanol–water partition coefficient (Wildman–Crippen LogP) is 3.06. The molecule has 0 unspecified atom stereocenters. The molecule has 2 aromatic heterocycles. The maximum Gasteiger partial charge on any atom is 0.180 e. The molecule has 0 aliphatic carbocycles. The number of nitrogens with zero attached hydrogens (tertiary/aromatic N) is 4. The van der Waals surface area contributed by atoms with Gasteiger partial charge in [-0.25, -0.2) is 9.97 Å². The molecule has 21 heavy (non-hydrogen) atoms. The summed E-state index contributed by atoms with van der Waals surface area (Å²) >= 11 is 5.92. The quantitative estimate of drug-likeness (QED) is 0.804. The van der Waals surface area contributed by atoms with Gasteiger partial charge in [0.25, 0.3) is 0 Å². The standard InChI is InChI=1S/C15H16ClN5/c1-17-13-10-21-8-7-18-14(21)15(19-13)20(2)9-11-3-5-12(16)6-4-11/h3-8,10,17H,9H2,1-2H3. The second-order valence-corrected chi connectivity index (χ2v) is 5.28. The molecule has 0 bridgehead atoms. The van der Waals surface area contributed by atoms with E-state index < -0.39 is 0 Å². The summed E-state index contributed by atoms with van der Waals surface area (Å²) in [7, 11) is 3.86. The van der Waals surface area contributed by atoms with Crippen LogP contribution in [-0.2, 0) is 6.54 Å². The molecule has 1 N–H and O–H groups in total. The molecule has 0 saturated heterocycles. The molecule has 0 aliphatic heterocycles. The van der Waals surface area contributed by atoms with Crippen LogP contribution >= 0.6 is 11.6 Å².